The Balaban J connectivity index is 1.23. The summed E-state index contributed by atoms with van der Waals surface area (Å²) in [6.45, 7) is 0.759. The molecular formula is C25H26ClNO3. The number of hydrogen-bond donors (Lipinski definition) is 1. The van der Waals surface area contributed by atoms with E-state index >= 15 is 0 Å². The maximum Gasteiger partial charge on any atom is 0.255 e. The molecule has 0 saturated heterocycles. The molecule has 4 saturated carbocycles. The van der Waals surface area contributed by atoms with Crippen LogP contribution in [-0.2, 0) is 0 Å². The molecule has 0 heterocycles. The molecule has 4 aliphatic rings. The minimum absolute atomic E-state index is 0.208. The molecular weight excluding hydrogens is 398 g/mol. The lowest BCUT2D eigenvalue weighted by atomic mass is 9.50. The molecule has 0 atom stereocenters. The molecule has 4 fully saturated rings. The first-order chi connectivity index (χ1) is 14.5. The highest BCUT2D eigenvalue weighted by molar-refractivity contribution is 6.67. The van der Waals surface area contributed by atoms with Crippen LogP contribution in [0.1, 0.15) is 59.2 Å². The zero-order chi connectivity index (χ0) is 20.7. The van der Waals surface area contributed by atoms with Crippen LogP contribution < -0.4 is 10.1 Å². The van der Waals surface area contributed by atoms with Crippen LogP contribution in [0.3, 0.4) is 0 Å². The monoisotopic (exact) mass is 423 g/mol. The number of halogens is 1. The Morgan fingerprint density at radius 1 is 0.933 bits per heavy atom. The largest absolute Gasteiger partial charge is 0.493 e. The van der Waals surface area contributed by atoms with Crippen LogP contribution in [0, 0.1) is 23.2 Å². The van der Waals surface area contributed by atoms with Crippen molar-refractivity contribution in [1.82, 2.24) is 0 Å². The lowest BCUT2D eigenvalue weighted by Gasteiger charge is -2.56. The standard InChI is InChI=1S/C25H26ClNO3/c26-23(28)19-4-6-21(7-5-19)27-24(29)20-2-1-3-22(11-20)30-15-25-12-16-8-17(13-25)10-18(9-16)14-25/h1-7,11,16-18H,8-10,12-15H2,(H,27,29). The molecule has 6 rings (SSSR count). The van der Waals surface area contributed by atoms with Crippen molar-refractivity contribution in [3.8, 4) is 5.75 Å². The molecule has 2 aromatic rings. The van der Waals surface area contributed by atoms with Crippen molar-refractivity contribution < 1.29 is 14.3 Å². The molecule has 1 amide bonds. The van der Waals surface area contributed by atoms with Gasteiger partial charge < -0.3 is 10.1 Å². The molecule has 4 aliphatic carbocycles. The topological polar surface area (TPSA) is 55.4 Å². The molecule has 0 aromatic heterocycles. The van der Waals surface area contributed by atoms with Crippen molar-refractivity contribution in [1.29, 1.82) is 0 Å². The van der Waals surface area contributed by atoms with Gasteiger partial charge >= 0.3 is 0 Å². The fourth-order valence-electron chi connectivity index (χ4n) is 6.32. The Labute approximate surface area is 182 Å². The highest BCUT2D eigenvalue weighted by atomic mass is 35.5. The number of ether oxygens (including phenoxy) is 1. The molecule has 0 unspecified atom stereocenters. The van der Waals surface area contributed by atoms with Crippen LogP contribution in [0.25, 0.3) is 0 Å². The zero-order valence-corrected chi connectivity index (χ0v) is 17.7. The molecule has 5 heteroatoms. The number of anilines is 1. The van der Waals surface area contributed by atoms with Gasteiger partial charge in [0.05, 0.1) is 6.61 Å². The summed E-state index contributed by atoms with van der Waals surface area (Å²) < 4.78 is 6.24. The number of nitrogens with one attached hydrogen (secondary N) is 1. The predicted octanol–water partition coefficient (Wildman–Crippen LogP) is 5.91. The molecule has 156 valence electrons. The zero-order valence-electron chi connectivity index (χ0n) is 16.9. The Kier molecular flexibility index (Phi) is 5.06. The number of rotatable bonds is 6. The van der Waals surface area contributed by atoms with Crippen LogP contribution >= 0.6 is 11.6 Å². The van der Waals surface area contributed by atoms with Crippen molar-refractivity contribution in [2.24, 2.45) is 23.2 Å². The highest BCUT2D eigenvalue weighted by Crippen LogP contribution is 2.60. The van der Waals surface area contributed by atoms with Gasteiger partial charge in [-0.15, -0.1) is 0 Å². The van der Waals surface area contributed by atoms with E-state index in [0.717, 1.165) is 30.1 Å². The Morgan fingerprint density at radius 2 is 1.57 bits per heavy atom. The quantitative estimate of drug-likeness (QED) is 0.587. The van der Waals surface area contributed by atoms with Gasteiger partial charge in [0.2, 0.25) is 0 Å². The summed E-state index contributed by atoms with van der Waals surface area (Å²) in [5, 5.41) is 2.34. The van der Waals surface area contributed by atoms with E-state index < -0.39 is 5.24 Å². The predicted molar refractivity (Wildman–Crippen MR) is 117 cm³/mol. The second-order valence-corrected chi connectivity index (χ2v) is 9.88. The van der Waals surface area contributed by atoms with Gasteiger partial charge in [-0.2, -0.15) is 0 Å². The Bertz CT molecular complexity index is 933. The molecule has 0 spiro atoms. The van der Waals surface area contributed by atoms with Gasteiger partial charge in [0.1, 0.15) is 5.75 Å². The summed E-state index contributed by atoms with van der Waals surface area (Å²) in [6, 6.07) is 13.9. The molecule has 1 N–H and O–H groups in total. The maximum atomic E-state index is 12.7. The van der Waals surface area contributed by atoms with Crippen molar-refractivity contribution in [3.63, 3.8) is 0 Å². The van der Waals surface area contributed by atoms with E-state index in [2.05, 4.69) is 5.32 Å². The van der Waals surface area contributed by atoms with Gasteiger partial charge in [-0.3, -0.25) is 9.59 Å². The highest BCUT2D eigenvalue weighted by Gasteiger charge is 2.51. The van der Waals surface area contributed by atoms with E-state index in [9.17, 15) is 9.59 Å². The van der Waals surface area contributed by atoms with Crippen LogP contribution in [0.5, 0.6) is 5.75 Å². The average molecular weight is 424 g/mol. The van der Waals surface area contributed by atoms with Crippen LogP contribution in [0.4, 0.5) is 5.69 Å². The Hall–Kier alpha value is -2.33. The summed E-state index contributed by atoms with van der Waals surface area (Å²) in [5.74, 6) is 3.24. The SMILES string of the molecule is O=C(Cl)c1ccc(NC(=O)c2cccc(OCC34CC5CC(CC(C5)C3)C4)c2)cc1. The summed E-state index contributed by atoms with van der Waals surface area (Å²) in [7, 11) is 0. The van der Waals surface area contributed by atoms with Gasteiger partial charge in [-0.1, -0.05) is 6.07 Å². The average Bonchev–Trinajstić information content (AvgIpc) is 2.72. The first kappa shape index (κ1) is 19.6. The van der Waals surface area contributed by atoms with E-state index in [1.165, 1.54) is 38.5 Å². The van der Waals surface area contributed by atoms with Crippen molar-refractivity contribution in [2.45, 2.75) is 38.5 Å². The Morgan fingerprint density at radius 3 is 2.17 bits per heavy atom. The molecule has 0 radical (unpaired) electrons. The van der Waals surface area contributed by atoms with Gasteiger partial charge in [0, 0.05) is 22.2 Å². The lowest BCUT2D eigenvalue weighted by molar-refractivity contribution is -0.0745. The fourth-order valence-corrected chi connectivity index (χ4v) is 6.44. The number of hydrogen-bond acceptors (Lipinski definition) is 3. The van der Waals surface area contributed by atoms with Crippen LogP contribution in [0.15, 0.2) is 48.5 Å². The number of benzene rings is 2. The van der Waals surface area contributed by atoms with E-state index in [0.29, 0.717) is 22.2 Å². The number of carbonyl (C=O) groups excluding carboxylic acids is 2. The minimum Gasteiger partial charge on any atom is -0.493 e. The number of amides is 1. The number of carbonyl (C=O) groups is 2. The van der Waals surface area contributed by atoms with Crippen molar-refractivity contribution in [2.75, 3.05) is 11.9 Å². The third-order valence-corrected chi connectivity index (χ3v) is 7.39. The molecule has 0 aliphatic heterocycles. The molecule has 30 heavy (non-hydrogen) atoms. The van der Waals surface area contributed by atoms with E-state index in [1.54, 1.807) is 30.3 Å². The van der Waals surface area contributed by atoms with Gasteiger partial charge in [0.15, 0.2) is 0 Å². The van der Waals surface area contributed by atoms with Gasteiger partial charge in [0.25, 0.3) is 11.1 Å². The molecule has 4 nitrogen and oxygen atoms in total. The van der Waals surface area contributed by atoms with Gasteiger partial charge in [-0.05, 0) is 110 Å². The van der Waals surface area contributed by atoms with Crippen LogP contribution in [0.2, 0.25) is 0 Å². The lowest BCUT2D eigenvalue weighted by Crippen LogP contribution is -2.48. The summed E-state index contributed by atoms with van der Waals surface area (Å²) in [4.78, 5) is 23.8. The first-order valence-corrected chi connectivity index (χ1v) is 11.2. The summed E-state index contributed by atoms with van der Waals surface area (Å²) in [5.41, 5.74) is 1.90. The van der Waals surface area contributed by atoms with E-state index in [1.807, 2.05) is 18.2 Å². The fraction of sp³-hybridized carbons (Fsp3) is 0.440. The van der Waals surface area contributed by atoms with Crippen LogP contribution in [-0.4, -0.2) is 17.8 Å². The van der Waals surface area contributed by atoms with Crippen molar-refractivity contribution in [3.05, 3.63) is 59.7 Å². The summed E-state index contributed by atoms with van der Waals surface area (Å²) in [6.07, 6.45) is 8.19. The normalized spacial score (nSPS) is 28.9. The minimum atomic E-state index is -0.517. The molecule has 2 aromatic carbocycles. The smallest absolute Gasteiger partial charge is 0.255 e. The third kappa shape index (κ3) is 3.98. The van der Waals surface area contributed by atoms with E-state index in [-0.39, 0.29) is 5.91 Å². The maximum absolute atomic E-state index is 12.7. The second-order valence-electron chi connectivity index (χ2n) is 9.54. The molecule has 4 bridgehead atoms. The second kappa shape index (κ2) is 7.73. The third-order valence-electron chi connectivity index (χ3n) is 7.18. The van der Waals surface area contributed by atoms with E-state index in [4.69, 9.17) is 16.3 Å². The van der Waals surface area contributed by atoms with Crippen molar-refractivity contribution >= 4 is 28.4 Å². The summed E-state index contributed by atoms with van der Waals surface area (Å²) >= 11 is 5.46. The van der Waals surface area contributed by atoms with Gasteiger partial charge in [-0.25, -0.2) is 0 Å². The first-order valence-electron chi connectivity index (χ1n) is 10.8.